The molecule has 0 atom stereocenters. The molecular formula is C14H8Cl4O2. The lowest BCUT2D eigenvalue weighted by Crippen LogP contribution is -1.90. The van der Waals surface area contributed by atoms with E-state index in [4.69, 9.17) is 46.4 Å². The second-order valence-electron chi connectivity index (χ2n) is 3.97. The molecule has 0 amide bonds. The third-order valence-corrected chi connectivity index (χ3v) is 3.65. The Bertz CT molecular complexity index is 638. The molecule has 0 aromatic heterocycles. The van der Waals surface area contributed by atoms with Crippen LogP contribution in [-0.4, -0.2) is 10.2 Å². The van der Waals surface area contributed by atoms with Crippen molar-refractivity contribution in [2.75, 3.05) is 0 Å². The minimum absolute atomic E-state index is 0.0218. The summed E-state index contributed by atoms with van der Waals surface area (Å²) >= 11 is 23.6. The van der Waals surface area contributed by atoms with Gasteiger partial charge >= 0.3 is 0 Å². The molecule has 0 saturated heterocycles. The quantitative estimate of drug-likeness (QED) is 0.740. The van der Waals surface area contributed by atoms with E-state index in [0.29, 0.717) is 16.7 Å². The SMILES string of the molecule is Oc1ccc(C(=C(Cl)Cl)c2ccc(O)c(Cl)c2)cc1Cl. The number of aromatic hydroxyl groups is 2. The van der Waals surface area contributed by atoms with E-state index < -0.39 is 0 Å². The van der Waals surface area contributed by atoms with Crippen LogP contribution in [0.4, 0.5) is 0 Å². The molecule has 6 heteroatoms. The molecule has 0 bridgehead atoms. The summed E-state index contributed by atoms with van der Waals surface area (Å²) in [7, 11) is 0. The summed E-state index contributed by atoms with van der Waals surface area (Å²) in [5, 5.41) is 19.3. The van der Waals surface area contributed by atoms with Gasteiger partial charge in [0, 0.05) is 5.57 Å². The smallest absolute Gasteiger partial charge is 0.134 e. The molecule has 20 heavy (non-hydrogen) atoms. The standard InChI is InChI=1S/C14H8Cl4O2/c15-9-5-7(1-3-11(9)19)13(14(17)18)8-2-4-12(20)10(16)6-8/h1-6,19-20H. The molecule has 0 saturated carbocycles. The highest BCUT2D eigenvalue weighted by atomic mass is 35.5. The zero-order chi connectivity index (χ0) is 14.9. The Balaban J connectivity index is 2.60. The highest BCUT2D eigenvalue weighted by Gasteiger charge is 2.13. The van der Waals surface area contributed by atoms with Crippen molar-refractivity contribution in [3.8, 4) is 11.5 Å². The molecule has 0 radical (unpaired) electrons. The highest BCUT2D eigenvalue weighted by molar-refractivity contribution is 6.59. The zero-order valence-electron chi connectivity index (χ0n) is 9.87. The molecule has 2 nitrogen and oxygen atoms in total. The van der Waals surface area contributed by atoms with Gasteiger partial charge < -0.3 is 10.2 Å². The van der Waals surface area contributed by atoms with Crippen LogP contribution in [-0.2, 0) is 0 Å². The van der Waals surface area contributed by atoms with Gasteiger partial charge in [-0.1, -0.05) is 58.5 Å². The Labute approximate surface area is 135 Å². The van der Waals surface area contributed by atoms with Crippen molar-refractivity contribution in [2.24, 2.45) is 0 Å². The maximum atomic E-state index is 9.45. The average molecular weight is 350 g/mol. The summed E-state index contributed by atoms with van der Waals surface area (Å²) in [4.78, 5) is 0. The normalized spacial score (nSPS) is 10.4. The first-order valence-electron chi connectivity index (χ1n) is 5.43. The Kier molecular flexibility index (Phi) is 4.71. The lowest BCUT2D eigenvalue weighted by atomic mass is 9.99. The lowest BCUT2D eigenvalue weighted by molar-refractivity contribution is 0.475. The Morgan fingerprint density at radius 3 is 1.45 bits per heavy atom. The molecule has 2 N–H and O–H groups in total. The van der Waals surface area contributed by atoms with Crippen LogP contribution in [0.25, 0.3) is 5.57 Å². The van der Waals surface area contributed by atoms with Gasteiger partial charge in [0.2, 0.25) is 0 Å². The van der Waals surface area contributed by atoms with E-state index in [1.807, 2.05) is 0 Å². The number of hydrogen-bond acceptors (Lipinski definition) is 2. The number of rotatable bonds is 2. The van der Waals surface area contributed by atoms with Crippen LogP contribution in [0.15, 0.2) is 40.9 Å². The van der Waals surface area contributed by atoms with Crippen LogP contribution in [0.2, 0.25) is 10.0 Å². The largest absolute Gasteiger partial charge is 0.506 e. The van der Waals surface area contributed by atoms with Crippen molar-refractivity contribution in [1.29, 1.82) is 0 Å². The van der Waals surface area contributed by atoms with E-state index in [1.54, 1.807) is 12.1 Å². The van der Waals surface area contributed by atoms with E-state index in [1.165, 1.54) is 24.3 Å². The second-order valence-corrected chi connectivity index (χ2v) is 5.73. The van der Waals surface area contributed by atoms with Gasteiger partial charge in [0.15, 0.2) is 0 Å². The second kappa shape index (κ2) is 6.15. The van der Waals surface area contributed by atoms with Gasteiger partial charge in [0.1, 0.15) is 16.0 Å². The topological polar surface area (TPSA) is 40.5 Å². The molecule has 0 heterocycles. The van der Waals surface area contributed by atoms with Gasteiger partial charge in [-0.15, -0.1) is 0 Å². The molecule has 2 aromatic rings. The van der Waals surface area contributed by atoms with Crippen molar-refractivity contribution in [3.05, 3.63) is 62.1 Å². The van der Waals surface area contributed by atoms with Gasteiger partial charge in [-0.25, -0.2) is 0 Å². The monoisotopic (exact) mass is 348 g/mol. The van der Waals surface area contributed by atoms with Crippen molar-refractivity contribution in [3.63, 3.8) is 0 Å². The van der Waals surface area contributed by atoms with Crippen LogP contribution >= 0.6 is 46.4 Å². The molecule has 0 aliphatic heterocycles. The average Bonchev–Trinajstić information content (AvgIpc) is 2.38. The summed E-state index contributed by atoms with van der Waals surface area (Å²) in [5.41, 5.74) is 1.74. The van der Waals surface area contributed by atoms with E-state index in [-0.39, 0.29) is 26.0 Å². The molecule has 2 aromatic carbocycles. The maximum Gasteiger partial charge on any atom is 0.134 e. The fraction of sp³-hybridized carbons (Fsp3) is 0. The fourth-order valence-corrected chi connectivity index (χ4v) is 2.51. The lowest BCUT2D eigenvalue weighted by Gasteiger charge is -2.11. The summed E-state index contributed by atoms with van der Waals surface area (Å²) in [6.45, 7) is 0. The van der Waals surface area contributed by atoms with Crippen molar-refractivity contribution < 1.29 is 10.2 Å². The van der Waals surface area contributed by atoms with E-state index in [9.17, 15) is 10.2 Å². The van der Waals surface area contributed by atoms with E-state index >= 15 is 0 Å². The minimum atomic E-state index is -0.0378. The molecule has 2 rings (SSSR count). The number of phenols is 2. The van der Waals surface area contributed by atoms with Gasteiger partial charge in [0.25, 0.3) is 0 Å². The number of phenolic OH excluding ortho intramolecular Hbond substituents is 2. The van der Waals surface area contributed by atoms with Gasteiger partial charge in [-0.2, -0.15) is 0 Å². The Hall–Kier alpha value is -1.06. The van der Waals surface area contributed by atoms with Crippen LogP contribution < -0.4 is 0 Å². The van der Waals surface area contributed by atoms with E-state index in [0.717, 1.165) is 0 Å². The molecule has 0 fully saturated rings. The third kappa shape index (κ3) is 3.15. The Morgan fingerprint density at radius 1 is 0.750 bits per heavy atom. The first-order chi connectivity index (χ1) is 9.40. The van der Waals surface area contributed by atoms with E-state index in [2.05, 4.69) is 0 Å². The van der Waals surface area contributed by atoms with Gasteiger partial charge in [0.05, 0.1) is 10.0 Å². The maximum absolute atomic E-state index is 9.45. The minimum Gasteiger partial charge on any atom is -0.506 e. The van der Waals surface area contributed by atoms with Crippen LogP contribution in [0, 0.1) is 0 Å². The molecule has 0 aliphatic carbocycles. The number of hydrogen-bond donors (Lipinski definition) is 2. The molecule has 0 unspecified atom stereocenters. The summed E-state index contributed by atoms with van der Waals surface area (Å²) in [6.07, 6.45) is 0. The van der Waals surface area contributed by atoms with Crippen molar-refractivity contribution in [1.82, 2.24) is 0 Å². The first-order valence-corrected chi connectivity index (χ1v) is 6.94. The summed E-state index contributed by atoms with van der Waals surface area (Å²) < 4.78 is 0.0218. The number of benzene rings is 2. The predicted molar refractivity (Wildman–Crippen MR) is 84.0 cm³/mol. The van der Waals surface area contributed by atoms with Gasteiger partial charge in [-0.3, -0.25) is 0 Å². The van der Waals surface area contributed by atoms with Crippen LogP contribution in [0.3, 0.4) is 0 Å². The summed E-state index contributed by atoms with van der Waals surface area (Å²) in [5.74, 6) is -0.0756. The summed E-state index contributed by atoms with van der Waals surface area (Å²) in [6, 6.07) is 9.21. The molecule has 104 valence electrons. The predicted octanol–water partition coefficient (Wildman–Crippen LogP) is 5.60. The van der Waals surface area contributed by atoms with Crippen LogP contribution in [0.5, 0.6) is 11.5 Å². The van der Waals surface area contributed by atoms with Crippen molar-refractivity contribution >= 4 is 52.0 Å². The molecule has 0 aliphatic rings. The first kappa shape index (κ1) is 15.3. The van der Waals surface area contributed by atoms with Crippen molar-refractivity contribution in [2.45, 2.75) is 0 Å². The third-order valence-electron chi connectivity index (χ3n) is 2.66. The number of halogens is 4. The van der Waals surface area contributed by atoms with Crippen LogP contribution in [0.1, 0.15) is 11.1 Å². The Morgan fingerprint density at radius 2 is 1.15 bits per heavy atom. The molecular weight excluding hydrogens is 342 g/mol. The highest BCUT2D eigenvalue weighted by Crippen LogP contribution is 2.37. The van der Waals surface area contributed by atoms with Gasteiger partial charge in [-0.05, 0) is 35.4 Å². The zero-order valence-corrected chi connectivity index (χ0v) is 12.9. The fourth-order valence-electron chi connectivity index (χ4n) is 1.71. The molecule has 0 spiro atoms.